The van der Waals surface area contributed by atoms with E-state index in [0.717, 1.165) is 34.0 Å². The van der Waals surface area contributed by atoms with Crippen LogP contribution in [0.25, 0.3) is 72.5 Å². The van der Waals surface area contributed by atoms with Gasteiger partial charge in [-0.25, -0.2) is 9.97 Å². The third kappa shape index (κ3) is 3.98. The van der Waals surface area contributed by atoms with Gasteiger partial charge in [0.1, 0.15) is 0 Å². The molecule has 0 spiro atoms. The van der Waals surface area contributed by atoms with E-state index < -0.39 is 0 Å². The van der Waals surface area contributed by atoms with Crippen LogP contribution in [0, 0.1) is 0 Å². The molecule has 0 fully saturated rings. The number of para-hydroxylation sites is 2. The van der Waals surface area contributed by atoms with Gasteiger partial charge in [-0.2, -0.15) is 0 Å². The van der Waals surface area contributed by atoms with Gasteiger partial charge in [0.15, 0.2) is 5.82 Å². The first kappa shape index (κ1) is 26.6. The van der Waals surface area contributed by atoms with E-state index in [1.165, 1.54) is 49.6 Å². The Hall–Kier alpha value is -5.80. The zero-order valence-corrected chi connectivity index (χ0v) is 25.8. The van der Waals surface area contributed by atoms with E-state index in [0.29, 0.717) is 0 Å². The Morgan fingerprint density at radius 3 is 1.67 bits per heavy atom. The molecule has 9 rings (SSSR count). The van der Waals surface area contributed by atoms with E-state index in [1.54, 1.807) is 0 Å². The number of rotatable bonds is 4. The molecule has 0 radical (unpaired) electrons. The van der Waals surface area contributed by atoms with Gasteiger partial charge in [0.2, 0.25) is 0 Å². The first-order valence-corrected chi connectivity index (χ1v) is 15.9. The molecule has 0 saturated carbocycles. The summed E-state index contributed by atoms with van der Waals surface area (Å²) in [6, 6.07) is 54.0. The molecule has 6 aromatic carbocycles. The maximum Gasteiger partial charge on any atom is 0.160 e. The smallest absolute Gasteiger partial charge is 0.160 e. The van der Waals surface area contributed by atoms with E-state index in [-0.39, 0.29) is 5.41 Å². The highest BCUT2D eigenvalue weighted by Crippen LogP contribution is 2.51. The van der Waals surface area contributed by atoms with Gasteiger partial charge in [0.05, 0.1) is 22.4 Å². The molecule has 0 unspecified atom stereocenters. The van der Waals surface area contributed by atoms with Gasteiger partial charge in [-0.3, -0.25) is 0 Å². The highest BCUT2D eigenvalue weighted by atomic mass is 15.0. The van der Waals surface area contributed by atoms with Crippen molar-refractivity contribution < 1.29 is 0 Å². The lowest BCUT2D eigenvalue weighted by molar-refractivity contribution is 0.658. The molecule has 8 aromatic rings. The Kier molecular flexibility index (Phi) is 5.85. The highest BCUT2D eigenvalue weighted by Gasteiger charge is 2.40. The van der Waals surface area contributed by atoms with Gasteiger partial charge >= 0.3 is 0 Å². The summed E-state index contributed by atoms with van der Waals surface area (Å²) in [5.41, 5.74) is 13.5. The summed E-state index contributed by atoms with van der Waals surface area (Å²) in [4.78, 5) is 10.6. The van der Waals surface area contributed by atoms with Crippen molar-refractivity contribution in [1.29, 1.82) is 0 Å². The summed E-state index contributed by atoms with van der Waals surface area (Å²) in [5, 5.41) is 2.52. The van der Waals surface area contributed by atoms with Gasteiger partial charge < -0.3 is 4.57 Å². The normalized spacial score (nSPS) is 13.2. The Morgan fingerprint density at radius 2 is 0.978 bits per heavy atom. The molecular weight excluding hydrogens is 558 g/mol. The van der Waals surface area contributed by atoms with Crippen LogP contribution in [0.2, 0.25) is 0 Å². The van der Waals surface area contributed by atoms with Gasteiger partial charge in [-0.15, -0.1) is 0 Å². The van der Waals surface area contributed by atoms with E-state index >= 15 is 0 Å². The van der Waals surface area contributed by atoms with Gasteiger partial charge in [0, 0.05) is 44.1 Å². The van der Waals surface area contributed by atoms with Crippen LogP contribution < -0.4 is 0 Å². The van der Waals surface area contributed by atoms with Crippen molar-refractivity contribution in [3.63, 3.8) is 0 Å². The van der Waals surface area contributed by atoms with Gasteiger partial charge in [0.25, 0.3) is 0 Å². The van der Waals surface area contributed by atoms with Crippen LogP contribution in [0.3, 0.4) is 0 Å². The second kappa shape index (κ2) is 10.1. The number of hydrogen-bond donors (Lipinski definition) is 0. The topological polar surface area (TPSA) is 30.7 Å². The fourth-order valence-corrected chi connectivity index (χ4v) is 7.37. The third-order valence-electron chi connectivity index (χ3n) is 9.62. The summed E-state index contributed by atoms with van der Waals surface area (Å²) < 4.78 is 2.36. The predicted molar refractivity (Wildman–Crippen MR) is 190 cm³/mol. The highest BCUT2D eigenvalue weighted by molar-refractivity contribution is 6.09. The lowest BCUT2D eigenvalue weighted by Gasteiger charge is -2.24. The van der Waals surface area contributed by atoms with Gasteiger partial charge in [-0.1, -0.05) is 141 Å². The molecule has 0 saturated heterocycles. The fraction of sp³-hybridized carbons (Fsp3) is 0.0698. The predicted octanol–water partition coefficient (Wildman–Crippen LogP) is 10.9. The maximum atomic E-state index is 5.34. The second-order valence-corrected chi connectivity index (χ2v) is 12.6. The number of aromatic nitrogens is 3. The van der Waals surface area contributed by atoms with E-state index in [4.69, 9.17) is 9.97 Å². The van der Waals surface area contributed by atoms with Crippen molar-refractivity contribution >= 4 is 21.8 Å². The van der Waals surface area contributed by atoms with E-state index in [2.05, 4.69) is 164 Å². The Labute approximate surface area is 268 Å². The van der Waals surface area contributed by atoms with E-state index in [9.17, 15) is 0 Å². The SMILES string of the molecule is CC1(C)c2ccccc2-c2nc(-c3ccc(-c4ccccc4)cc3)nc(-c3ccc(-n4c5ccccc5c5ccccc54)cc3)c21. The van der Waals surface area contributed by atoms with Crippen molar-refractivity contribution in [1.82, 2.24) is 14.5 Å². The molecule has 0 N–H and O–H groups in total. The van der Waals surface area contributed by atoms with Crippen molar-refractivity contribution in [3.05, 3.63) is 163 Å². The Bertz CT molecular complexity index is 2360. The first-order valence-electron chi connectivity index (χ1n) is 15.9. The molecule has 0 amide bonds. The number of fused-ring (bicyclic) bond motifs is 6. The summed E-state index contributed by atoms with van der Waals surface area (Å²) in [5.74, 6) is 0.743. The molecule has 1 aliphatic carbocycles. The largest absolute Gasteiger partial charge is 0.309 e. The molecule has 0 bridgehead atoms. The third-order valence-corrected chi connectivity index (χ3v) is 9.62. The molecule has 218 valence electrons. The minimum absolute atomic E-state index is 0.234. The summed E-state index contributed by atoms with van der Waals surface area (Å²) in [6.45, 7) is 4.59. The quantitative estimate of drug-likeness (QED) is 0.204. The maximum absolute atomic E-state index is 5.34. The van der Waals surface area contributed by atoms with Crippen LogP contribution >= 0.6 is 0 Å². The fourth-order valence-electron chi connectivity index (χ4n) is 7.37. The van der Waals surface area contributed by atoms with Crippen LogP contribution in [0.15, 0.2) is 152 Å². The van der Waals surface area contributed by atoms with Crippen LogP contribution in [-0.4, -0.2) is 14.5 Å². The zero-order chi connectivity index (χ0) is 30.8. The summed E-state index contributed by atoms with van der Waals surface area (Å²) in [6.07, 6.45) is 0. The lowest BCUT2D eigenvalue weighted by Crippen LogP contribution is -2.17. The van der Waals surface area contributed by atoms with Crippen LogP contribution in [0.4, 0.5) is 0 Å². The lowest BCUT2D eigenvalue weighted by atomic mass is 9.81. The average molecular weight is 590 g/mol. The zero-order valence-electron chi connectivity index (χ0n) is 25.8. The molecule has 0 atom stereocenters. The Balaban J connectivity index is 1.21. The molecule has 2 heterocycles. The number of hydrogen-bond acceptors (Lipinski definition) is 2. The van der Waals surface area contributed by atoms with Crippen LogP contribution in [0.5, 0.6) is 0 Å². The van der Waals surface area contributed by atoms with Crippen molar-refractivity contribution in [2.45, 2.75) is 19.3 Å². The standard InChI is InChI=1S/C43H31N3/c1-43(2)36-17-9-6-16-35(36)41-39(43)40(44-42(45-41)31-22-20-29(21-23-31)28-12-4-3-5-13-28)30-24-26-32(27-25-30)46-37-18-10-7-14-33(37)34-15-8-11-19-38(34)46/h3-27H,1-2H3. The molecule has 3 heteroatoms. The molecule has 2 aromatic heterocycles. The Morgan fingerprint density at radius 1 is 0.457 bits per heavy atom. The van der Waals surface area contributed by atoms with Crippen molar-refractivity contribution in [3.8, 4) is 50.7 Å². The molecule has 46 heavy (non-hydrogen) atoms. The molecule has 0 aliphatic heterocycles. The minimum Gasteiger partial charge on any atom is -0.309 e. The van der Waals surface area contributed by atoms with Crippen LogP contribution in [0.1, 0.15) is 25.0 Å². The van der Waals surface area contributed by atoms with Crippen molar-refractivity contribution in [2.24, 2.45) is 0 Å². The monoisotopic (exact) mass is 589 g/mol. The minimum atomic E-state index is -0.234. The number of nitrogens with zero attached hydrogens (tertiary/aromatic N) is 3. The molecule has 3 nitrogen and oxygen atoms in total. The average Bonchev–Trinajstić information content (AvgIpc) is 3.57. The second-order valence-electron chi connectivity index (χ2n) is 12.6. The molecular formula is C43H31N3. The van der Waals surface area contributed by atoms with E-state index in [1.807, 2.05) is 6.07 Å². The van der Waals surface area contributed by atoms with Gasteiger partial charge in [-0.05, 0) is 41.0 Å². The number of benzene rings is 6. The molecule has 1 aliphatic rings. The summed E-state index contributed by atoms with van der Waals surface area (Å²) in [7, 11) is 0. The van der Waals surface area contributed by atoms with Crippen LogP contribution in [-0.2, 0) is 5.41 Å². The van der Waals surface area contributed by atoms with Crippen molar-refractivity contribution in [2.75, 3.05) is 0 Å². The first-order chi connectivity index (χ1) is 22.6. The summed E-state index contributed by atoms with van der Waals surface area (Å²) >= 11 is 0.